The summed E-state index contributed by atoms with van der Waals surface area (Å²) in [5, 5.41) is 0. The van der Waals surface area contributed by atoms with Gasteiger partial charge in [-0.05, 0) is 49.7 Å². The van der Waals surface area contributed by atoms with E-state index in [1.54, 1.807) is 6.26 Å². The summed E-state index contributed by atoms with van der Waals surface area (Å²) in [7, 11) is 0. The molecule has 0 unspecified atom stereocenters. The molecule has 3 rings (SSSR count). The lowest BCUT2D eigenvalue weighted by Crippen LogP contribution is -2.12. The standard InChI is InChI=1S/C24H23NO2/c1-3-20(18-26-22-16-14-19(2)15-17-22)24(25-21-10-6-4-7-11-21)27-23-12-8-5-9-13-23/h4-18H,3H2,1-2H3/b20-18+,25-24?. The number of hydrogen-bond donors (Lipinski definition) is 0. The van der Waals surface area contributed by atoms with Crippen molar-refractivity contribution in [2.24, 2.45) is 4.99 Å². The molecule has 136 valence electrons. The zero-order chi connectivity index (χ0) is 18.9. The molecular weight excluding hydrogens is 334 g/mol. The predicted octanol–water partition coefficient (Wildman–Crippen LogP) is 6.48. The predicted molar refractivity (Wildman–Crippen MR) is 111 cm³/mol. The maximum Gasteiger partial charge on any atom is 0.226 e. The Morgan fingerprint density at radius 1 is 0.815 bits per heavy atom. The third-order valence-corrected chi connectivity index (χ3v) is 3.96. The summed E-state index contributed by atoms with van der Waals surface area (Å²) in [5.41, 5.74) is 2.90. The minimum atomic E-state index is 0.530. The van der Waals surface area contributed by atoms with Crippen LogP contribution in [-0.4, -0.2) is 5.90 Å². The Labute approximate surface area is 160 Å². The van der Waals surface area contributed by atoms with Crippen molar-refractivity contribution in [1.29, 1.82) is 0 Å². The SMILES string of the molecule is CC/C(=C\Oc1ccc(C)cc1)C(=Nc1ccccc1)Oc1ccccc1. The van der Waals surface area contributed by atoms with Crippen LogP contribution in [0, 0.1) is 6.92 Å². The molecule has 0 amide bonds. The van der Waals surface area contributed by atoms with Crippen molar-refractivity contribution in [2.45, 2.75) is 20.3 Å². The molecule has 0 spiro atoms. The number of nitrogens with zero attached hydrogens (tertiary/aromatic N) is 1. The van der Waals surface area contributed by atoms with E-state index in [0.717, 1.165) is 29.2 Å². The van der Waals surface area contributed by atoms with E-state index in [0.29, 0.717) is 5.90 Å². The van der Waals surface area contributed by atoms with Gasteiger partial charge in [0.15, 0.2) is 0 Å². The Hall–Kier alpha value is -3.33. The molecule has 0 saturated carbocycles. The Bertz CT molecular complexity index is 898. The van der Waals surface area contributed by atoms with Crippen LogP contribution in [0.4, 0.5) is 5.69 Å². The second-order valence-electron chi connectivity index (χ2n) is 6.10. The summed E-state index contributed by atoms with van der Waals surface area (Å²) < 4.78 is 11.9. The van der Waals surface area contributed by atoms with Crippen molar-refractivity contribution in [3.8, 4) is 11.5 Å². The van der Waals surface area contributed by atoms with E-state index in [1.165, 1.54) is 5.56 Å². The van der Waals surface area contributed by atoms with E-state index in [9.17, 15) is 0 Å². The van der Waals surface area contributed by atoms with Gasteiger partial charge in [0.25, 0.3) is 0 Å². The number of benzene rings is 3. The van der Waals surface area contributed by atoms with Crippen LogP contribution >= 0.6 is 0 Å². The maximum absolute atomic E-state index is 6.08. The summed E-state index contributed by atoms with van der Waals surface area (Å²) in [6.45, 7) is 4.11. The first-order chi connectivity index (χ1) is 13.2. The van der Waals surface area contributed by atoms with Gasteiger partial charge in [0, 0.05) is 5.57 Å². The quantitative estimate of drug-likeness (QED) is 0.287. The largest absolute Gasteiger partial charge is 0.465 e. The molecule has 3 heteroatoms. The van der Waals surface area contributed by atoms with Crippen molar-refractivity contribution >= 4 is 11.6 Å². The van der Waals surface area contributed by atoms with Crippen LogP contribution in [0.3, 0.4) is 0 Å². The highest BCUT2D eigenvalue weighted by Crippen LogP contribution is 2.20. The second kappa shape index (κ2) is 9.39. The van der Waals surface area contributed by atoms with Crippen molar-refractivity contribution in [3.63, 3.8) is 0 Å². The summed E-state index contributed by atoms with van der Waals surface area (Å²) in [4.78, 5) is 4.70. The summed E-state index contributed by atoms with van der Waals surface area (Å²) >= 11 is 0. The van der Waals surface area contributed by atoms with Crippen molar-refractivity contribution < 1.29 is 9.47 Å². The Kier molecular flexibility index (Phi) is 6.42. The first-order valence-electron chi connectivity index (χ1n) is 9.04. The normalized spacial score (nSPS) is 11.9. The van der Waals surface area contributed by atoms with E-state index in [1.807, 2.05) is 84.9 Å². The molecule has 0 atom stereocenters. The van der Waals surface area contributed by atoms with Gasteiger partial charge in [0.1, 0.15) is 11.5 Å². The van der Waals surface area contributed by atoms with Gasteiger partial charge < -0.3 is 9.47 Å². The van der Waals surface area contributed by atoms with Crippen LogP contribution in [0.15, 0.2) is 102 Å². The van der Waals surface area contributed by atoms with Crippen LogP contribution in [-0.2, 0) is 0 Å². The molecule has 0 aliphatic rings. The molecule has 0 fully saturated rings. The maximum atomic E-state index is 6.08. The number of aliphatic imine (C=N–C) groups is 1. The molecule has 0 aliphatic heterocycles. The average Bonchev–Trinajstić information content (AvgIpc) is 2.71. The second-order valence-corrected chi connectivity index (χ2v) is 6.10. The minimum absolute atomic E-state index is 0.530. The van der Waals surface area contributed by atoms with E-state index < -0.39 is 0 Å². The number of ether oxygens (including phenoxy) is 2. The van der Waals surface area contributed by atoms with Crippen molar-refractivity contribution in [3.05, 3.63) is 102 Å². The molecule has 0 aliphatic carbocycles. The fourth-order valence-corrected chi connectivity index (χ4v) is 2.42. The molecule has 0 bridgehead atoms. The first-order valence-corrected chi connectivity index (χ1v) is 9.04. The molecule has 3 aromatic rings. The van der Waals surface area contributed by atoms with Gasteiger partial charge in [-0.1, -0.05) is 61.0 Å². The summed E-state index contributed by atoms with van der Waals surface area (Å²) in [5.74, 6) is 2.05. The molecule has 3 nitrogen and oxygen atoms in total. The molecular formula is C24H23NO2. The average molecular weight is 357 g/mol. The molecule has 0 radical (unpaired) electrons. The van der Waals surface area contributed by atoms with E-state index >= 15 is 0 Å². The minimum Gasteiger partial charge on any atom is -0.465 e. The number of rotatable bonds is 6. The Morgan fingerprint density at radius 2 is 1.44 bits per heavy atom. The molecule has 0 heterocycles. The van der Waals surface area contributed by atoms with Gasteiger partial charge in [-0.2, -0.15) is 0 Å². The van der Waals surface area contributed by atoms with Crippen molar-refractivity contribution in [1.82, 2.24) is 0 Å². The van der Waals surface area contributed by atoms with Crippen LogP contribution in [0.1, 0.15) is 18.9 Å². The van der Waals surface area contributed by atoms with Crippen molar-refractivity contribution in [2.75, 3.05) is 0 Å². The highest BCUT2D eigenvalue weighted by molar-refractivity contribution is 5.96. The highest BCUT2D eigenvalue weighted by Gasteiger charge is 2.10. The Balaban J connectivity index is 1.90. The fraction of sp³-hybridized carbons (Fsp3) is 0.125. The molecule has 0 aromatic heterocycles. The van der Waals surface area contributed by atoms with Crippen LogP contribution in [0.5, 0.6) is 11.5 Å². The molecule has 3 aromatic carbocycles. The lowest BCUT2D eigenvalue weighted by atomic mass is 10.2. The number of hydrogen-bond acceptors (Lipinski definition) is 3. The summed E-state index contributed by atoms with van der Waals surface area (Å²) in [6, 6.07) is 27.4. The van der Waals surface area contributed by atoms with E-state index in [4.69, 9.17) is 14.5 Å². The topological polar surface area (TPSA) is 30.8 Å². The van der Waals surface area contributed by atoms with Crippen LogP contribution in [0.25, 0.3) is 0 Å². The van der Waals surface area contributed by atoms with Gasteiger partial charge in [-0.3, -0.25) is 0 Å². The third-order valence-electron chi connectivity index (χ3n) is 3.96. The van der Waals surface area contributed by atoms with Gasteiger partial charge in [-0.15, -0.1) is 0 Å². The first kappa shape index (κ1) is 18.5. The third kappa shape index (κ3) is 5.58. The lowest BCUT2D eigenvalue weighted by molar-refractivity contribution is 0.471. The molecule has 0 saturated heterocycles. The Morgan fingerprint density at radius 3 is 2.07 bits per heavy atom. The highest BCUT2D eigenvalue weighted by atomic mass is 16.5. The van der Waals surface area contributed by atoms with E-state index in [-0.39, 0.29) is 0 Å². The zero-order valence-corrected chi connectivity index (χ0v) is 15.6. The molecule has 0 N–H and O–H groups in total. The number of aryl methyl sites for hydroxylation is 1. The van der Waals surface area contributed by atoms with Gasteiger partial charge >= 0.3 is 0 Å². The summed E-state index contributed by atoms with van der Waals surface area (Å²) in [6.07, 6.45) is 2.44. The van der Waals surface area contributed by atoms with E-state index in [2.05, 4.69) is 13.8 Å². The smallest absolute Gasteiger partial charge is 0.226 e. The van der Waals surface area contributed by atoms with Crippen LogP contribution < -0.4 is 9.47 Å². The lowest BCUT2D eigenvalue weighted by Gasteiger charge is -2.12. The van der Waals surface area contributed by atoms with Gasteiger partial charge in [-0.25, -0.2) is 4.99 Å². The monoisotopic (exact) mass is 357 g/mol. The number of para-hydroxylation sites is 2. The zero-order valence-electron chi connectivity index (χ0n) is 15.6. The fourth-order valence-electron chi connectivity index (χ4n) is 2.42. The van der Waals surface area contributed by atoms with Gasteiger partial charge in [0.2, 0.25) is 5.90 Å². The van der Waals surface area contributed by atoms with Gasteiger partial charge in [0.05, 0.1) is 11.9 Å². The molecule has 27 heavy (non-hydrogen) atoms. The van der Waals surface area contributed by atoms with Crippen LogP contribution in [0.2, 0.25) is 0 Å².